The van der Waals surface area contributed by atoms with Gasteiger partial charge in [0.2, 0.25) is 0 Å². The number of benzene rings is 8. The fraction of sp³-hybridized carbons (Fsp3) is 0. The maximum atomic E-state index is 5.42. The molecule has 0 spiro atoms. The maximum Gasteiger partial charge on any atom is 0.0972 e. The molecular weight excluding hydrogens is 829 g/mol. The van der Waals surface area contributed by atoms with Gasteiger partial charge in [0.25, 0.3) is 0 Å². The largest absolute Gasteiger partial charge is 0.359 e. The lowest BCUT2D eigenvalue weighted by molar-refractivity contribution is 1.37. The van der Waals surface area contributed by atoms with E-state index in [1.807, 2.05) is 22.7 Å². The number of anilines is 1. The third kappa shape index (κ3) is 5.71. The highest BCUT2D eigenvalue weighted by Crippen LogP contribution is 2.43. The van der Waals surface area contributed by atoms with Gasteiger partial charge in [0.1, 0.15) is 0 Å². The van der Waals surface area contributed by atoms with Crippen LogP contribution in [0.2, 0.25) is 0 Å². The van der Waals surface area contributed by atoms with E-state index in [9.17, 15) is 0 Å². The number of rotatable bonds is 4. The van der Waals surface area contributed by atoms with E-state index >= 15 is 0 Å². The molecular formula is C59H34N4S2. The van der Waals surface area contributed by atoms with Gasteiger partial charge in [-0.1, -0.05) is 164 Å². The average Bonchev–Trinajstić information content (AvgIpc) is 3.86. The third-order valence-corrected chi connectivity index (χ3v) is 15.5. The molecule has 0 bridgehead atoms. The highest BCUT2D eigenvalue weighted by molar-refractivity contribution is 7.26. The molecule has 0 unspecified atom stereocenters. The molecule has 5 aromatic heterocycles. The molecule has 0 aliphatic carbocycles. The van der Waals surface area contributed by atoms with Crippen molar-refractivity contribution in [3.63, 3.8) is 0 Å². The summed E-state index contributed by atoms with van der Waals surface area (Å²) < 4.78 is 5.11. The number of nitrogens with zero attached hydrogens (tertiary/aromatic N) is 3. The van der Waals surface area contributed by atoms with Crippen LogP contribution in [0.1, 0.15) is 11.1 Å². The molecule has 1 N–H and O–H groups in total. The van der Waals surface area contributed by atoms with Gasteiger partial charge in [0.05, 0.1) is 39.3 Å². The second-order valence-electron chi connectivity index (χ2n) is 16.7. The molecule has 6 heteroatoms. The first-order valence-electron chi connectivity index (χ1n) is 21.8. The Morgan fingerprint density at radius 2 is 0.800 bits per heavy atom. The predicted molar refractivity (Wildman–Crippen MR) is 279 cm³/mol. The Morgan fingerprint density at radius 3 is 1.42 bits per heavy atom. The first-order chi connectivity index (χ1) is 32.2. The molecule has 0 radical (unpaired) electrons. The zero-order valence-corrected chi connectivity index (χ0v) is 36.3. The Morgan fingerprint density at radius 1 is 0.338 bits per heavy atom. The smallest absolute Gasteiger partial charge is 0.0972 e. The predicted octanol–water partition coefficient (Wildman–Crippen LogP) is 16.7. The first-order valence-corrected chi connectivity index (χ1v) is 23.5. The van der Waals surface area contributed by atoms with Crippen LogP contribution in [0.5, 0.6) is 0 Å². The number of pyridine rings is 3. The van der Waals surface area contributed by atoms with Crippen molar-refractivity contribution in [1.29, 1.82) is 0 Å². The minimum Gasteiger partial charge on any atom is -0.359 e. The molecule has 1 aliphatic heterocycles. The van der Waals surface area contributed by atoms with Gasteiger partial charge >= 0.3 is 0 Å². The first kappa shape index (κ1) is 36.5. The average molecular weight is 863 g/mol. The highest BCUT2D eigenvalue weighted by Gasteiger charge is 2.18. The monoisotopic (exact) mass is 862 g/mol. The second kappa shape index (κ2) is 14.2. The molecule has 0 fully saturated rings. The highest BCUT2D eigenvalue weighted by atomic mass is 32.1. The summed E-state index contributed by atoms with van der Waals surface area (Å²) in [6.07, 6.45) is 6.56. The summed E-state index contributed by atoms with van der Waals surface area (Å²) in [4.78, 5) is 16.2. The Bertz CT molecular complexity index is 4230. The van der Waals surface area contributed by atoms with Crippen molar-refractivity contribution in [3.8, 4) is 33.8 Å². The zero-order valence-electron chi connectivity index (χ0n) is 34.7. The van der Waals surface area contributed by atoms with Crippen molar-refractivity contribution in [2.45, 2.75) is 0 Å². The zero-order chi connectivity index (χ0) is 42.6. The molecule has 0 atom stereocenters. The van der Waals surface area contributed by atoms with E-state index in [0.29, 0.717) is 0 Å². The number of hydrogen-bond acceptors (Lipinski definition) is 6. The number of nitrogens with one attached hydrogen (secondary N) is 1. The van der Waals surface area contributed by atoms with Crippen LogP contribution >= 0.6 is 22.7 Å². The van der Waals surface area contributed by atoms with Crippen molar-refractivity contribution < 1.29 is 0 Å². The molecule has 8 aromatic carbocycles. The van der Waals surface area contributed by atoms with Gasteiger partial charge in [-0.05, 0) is 52.2 Å². The Balaban J connectivity index is 0.847. The normalized spacial score (nSPS) is 12.8. The Hall–Kier alpha value is -8.03. The van der Waals surface area contributed by atoms with Crippen LogP contribution in [0, 0.1) is 0 Å². The van der Waals surface area contributed by atoms with Gasteiger partial charge in [0, 0.05) is 85.0 Å². The standard InChI is InChI=1S/C59H34N4S2/c1-2-10-41-40(9-1)39(38-24-23-34-19-20-35-26-31-50(62-55(35)54(34)60-33-38)47-15-7-13-45-43-11-3-5-17-52(43)64-58(45)47)28-29-42(41)49-30-25-36-21-22-37-27-32-51(63-57(37)56(36)61-49)48-16-8-14-46-44-12-4-6-18-53(44)65-59(46)48/h1-33,60H. The molecule has 14 rings (SSSR count). The van der Waals surface area contributed by atoms with E-state index in [0.717, 1.165) is 99.6 Å². The number of fused-ring (bicyclic) bond motifs is 13. The molecule has 1 aliphatic rings. The van der Waals surface area contributed by atoms with E-state index in [4.69, 9.17) is 15.0 Å². The van der Waals surface area contributed by atoms with E-state index in [2.05, 4.69) is 206 Å². The van der Waals surface area contributed by atoms with Crippen molar-refractivity contribution >= 4 is 124 Å². The SMILES string of the molecule is C1=Cc2ccc3ccc(-c4cccc5c4sc4ccccc45)nc3c2NC=C1c1ccc(-c2ccc3ccc4ccc(-c5cccc6c5sc5ccccc56)nc4c3n2)c2ccccc12. The van der Waals surface area contributed by atoms with Crippen molar-refractivity contribution in [2.24, 2.45) is 0 Å². The molecule has 0 amide bonds. The van der Waals surface area contributed by atoms with Gasteiger partial charge in [-0.25, -0.2) is 15.0 Å². The van der Waals surface area contributed by atoms with E-state index < -0.39 is 0 Å². The molecule has 6 heterocycles. The third-order valence-electron chi connectivity index (χ3n) is 13.1. The summed E-state index contributed by atoms with van der Waals surface area (Å²) in [5, 5.41) is 14.4. The molecule has 65 heavy (non-hydrogen) atoms. The molecule has 0 saturated carbocycles. The number of thiophene rings is 2. The number of aromatic nitrogens is 3. The maximum absolute atomic E-state index is 5.42. The second-order valence-corrected chi connectivity index (χ2v) is 18.8. The van der Waals surface area contributed by atoms with E-state index in [1.165, 1.54) is 40.3 Å². The quantitative estimate of drug-likeness (QED) is 0.179. The number of hydrogen-bond donors (Lipinski definition) is 1. The van der Waals surface area contributed by atoms with Crippen LogP contribution in [0.25, 0.3) is 129 Å². The molecule has 13 aromatic rings. The van der Waals surface area contributed by atoms with Crippen LogP contribution in [-0.4, -0.2) is 15.0 Å². The van der Waals surface area contributed by atoms with Crippen LogP contribution in [0.3, 0.4) is 0 Å². The molecule has 0 saturated heterocycles. The van der Waals surface area contributed by atoms with Crippen LogP contribution in [0.4, 0.5) is 5.69 Å². The number of allylic oxidation sites excluding steroid dienone is 2. The summed E-state index contributed by atoms with van der Waals surface area (Å²) in [5.74, 6) is 0. The van der Waals surface area contributed by atoms with Gasteiger partial charge in [-0.15, -0.1) is 22.7 Å². The lowest BCUT2D eigenvalue weighted by Gasteiger charge is -2.13. The fourth-order valence-corrected chi connectivity index (χ4v) is 12.4. The fourth-order valence-electron chi connectivity index (χ4n) is 9.93. The minimum absolute atomic E-state index is 0.902. The lowest BCUT2D eigenvalue weighted by atomic mass is 9.93. The Kier molecular flexibility index (Phi) is 7.99. The topological polar surface area (TPSA) is 50.7 Å². The van der Waals surface area contributed by atoms with Gasteiger partial charge in [0.15, 0.2) is 0 Å². The van der Waals surface area contributed by atoms with Crippen LogP contribution in [0.15, 0.2) is 194 Å². The minimum atomic E-state index is 0.902. The molecule has 302 valence electrons. The van der Waals surface area contributed by atoms with E-state index in [-0.39, 0.29) is 0 Å². The summed E-state index contributed by atoms with van der Waals surface area (Å²) in [6.45, 7) is 0. The molecule has 4 nitrogen and oxygen atoms in total. The van der Waals surface area contributed by atoms with E-state index in [1.54, 1.807) is 0 Å². The van der Waals surface area contributed by atoms with Gasteiger partial charge in [-0.3, -0.25) is 0 Å². The van der Waals surface area contributed by atoms with Crippen molar-refractivity contribution in [1.82, 2.24) is 15.0 Å². The van der Waals surface area contributed by atoms with Crippen LogP contribution < -0.4 is 5.32 Å². The summed E-state index contributed by atoms with van der Waals surface area (Å²) in [6, 6.07) is 65.3. The lowest BCUT2D eigenvalue weighted by Crippen LogP contribution is -1.96. The Labute approximate surface area is 381 Å². The van der Waals surface area contributed by atoms with Crippen LogP contribution in [-0.2, 0) is 0 Å². The van der Waals surface area contributed by atoms with Gasteiger partial charge in [-0.2, -0.15) is 0 Å². The summed E-state index contributed by atoms with van der Waals surface area (Å²) >= 11 is 3.67. The van der Waals surface area contributed by atoms with Gasteiger partial charge < -0.3 is 5.32 Å². The summed E-state index contributed by atoms with van der Waals surface area (Å²) in [5.41, 5.74) is 13.3. The summed E-state index contributed by atoms with van der Waals surface area (Å²) in [7, 11) is 0. The van der Waals surface area contributed by atoms with Crippen molar-refractivity contribution in [3.05, 3.63) is 205 Å². The van der Waals surface area contributed by atoms with Crippen molar-refractivity contribution in [2.75, 3.05) is 5.32 Å².